The number of hydrogen-bond acceptors (Lipinski definition) is 3. The van der Waals surface area contributed by atoms with Crippen LogP contribution in [0, 0.1) is 0 Å². The van der Waals surface area contributed by atoms with Crippen LogP contribution < -0.4 is 5.32 Å². The van der Waals surface area contributed by atoms with E-state index in [9.17, 15) is 9.90 Å². The van der Waals surface area contributed by atoms with E-state index >= 15 is 0 Å². The summed E-state index contributed by atoms with van der Waals surface area (Å²) in [6.07, 6.45) is 1.40. The summed E-state index contributed by atoms with van der Waals surface area (Å²) < 4.78 is 0. The number of hydrogen-bond donors (Lipinski definition) is 2. The molecule has 2 aromatic carbocycles. The number of amides is 1. The fraction of sp³-hybridized carbons (Fsp3) is 0.350. The molecule has 2 aromatic rings. The summed E-state index contributed by atoms with van der Waals surface area (Å²) in [5, 5.41) is 13.0. The summed E-state index contributed by atoms with van der Waals surface area (Å²) in [5.74, 6) is -0.364. The van der Waals surface area contributed by atoms with Gasteiger partial charge in [0.25, 0.3) is 5.91 Å². The maximum atomic E-state index is 12.2. The third-order valence-corrected chi connectivity index (χ3v) is 4.53. The second-order valence-electron chi connectivity index (χ2n) is 6.28. The lowest BCUT2D eigenvalue weighted by Crippen LogP contribution is -2.29. The van der Waals surface area contributed by atoms with E-state index in [1.54, 1.807) is 12.1 Å². The lowest BCUT2D eigenvalue weighted by Gasteiger charge is -2.18. The van der Waals surface area contributed by atoms with Crippen LogP contribution >= 0.6 is 0 Å². The Morgan fingerprint density at radius 3 is 2.33 bits per heavy atom. The summed E-state index contributed by atoms with van der Waals surface area (Å²) in [6, 6.07) is 17.2. The molecule has 1 atom stereocenters. The third kappa shape index (κ3) is 4.22. The minimum Gasteiger partial charge on any atom is -0.378 e. The molecule has 24 heavy (non-hydrogen) atoms. The highest BCUT2D eigenvalue weighted by molar-refractivity contribution is 5.81. The van der Waals surface area contributed by atoms with E-state index in [1.807, 2.05) is 36.4 Å². The molecular weight excluding hydrogens is 300 g/mol. The van der Waals surface area contributed by atoms with Crippen LogP contribution in [0.1, 0.15) is 35.6 Å². The van der Waals surface area contributed by atoms with Crippen LogP contribution in [-0.4, -0.2) is 29.0 Å². The molecule has 4 nitrogen and oxygen atoms in total. The highest BCUT2D eigenvalue weighted by Crippen LogP contribution is 2.17. The molecule has 4 heteroatoms. The topological polar surface area (TPSA) is 52.6 Å². The highest BCUT2D eigenvalue weighted by atomic mass is 16.3. The SMILES string of the molecule is O=C(NCc1ccccc1CN1CCCC1)[C@H](O)c1ccccc1. The molecule has 0 unspecified atom stereocenters. The average Bonchev–Trinajstić information content (AvgIpc) is 3.14. The summed E-state index contributed by atoms with van der Waals surface area (Å²) in [4.78, 5) is 14.6. The number of carbonyl (C=O) groups excluding carboxylic acids is 1. The van der Waals surface area contributed by atoms with Gasteiger partial charge in [0.15, 0.2) is 6.10 Å². The number of nitrogens with one attached hydrogen (secondary N) is 1. The first-order valence-corrected chi connectivity index (χ1v) is 8.54. The van der Waals surface area contributed by atoms with Crippen molar-refractivity contribution in [1.29, 1.82) is 0 Å². The molecule has 0 aliphatic carbocycles. The number of benzene rings is 2. The Morgan fingerprint density at radius 2 is 1.62 bits per heavy atom. The maximum absolute atomic E-state index is 12.2. The van der Waals surface area contributed by atoms with Crippen molar-refractivity contribution in [2.45, 2.75) is 32.0 Å². The van der Waals surface area contributed by atoms with E-state index < -0.39 is 6.10 Å². The zero-order valence-electron chi connectivity index (χ0n) is 13.8. The predicted octanol–water partition coefficient (Wildman–Crippen LogP) is 2.63. The van der Waals surface area contributed by atoms with Gasteiger partial charge in [0.05, 0.1) is 0 Å². The summed E-state index contributed by atoms with van der Waals surface area (Å²) >= 11 is 0. The van der Waals surface area contributed by atoms with Crippen molar-refractivity contribution in [3.63, 3.8) is 0 Å². The first kappa shape index (κ1) is 16.7. The van der Waals surface area contributed by atoms with Gasteiger partial charge in [-0.25, -0.2) is 0 Å². The molecule has 1 fully saturated rings. The van der Waals surface area contributed by atoms with Crippen molar-refractivity contribution in [3.8, 4) is 0 Å². The van der Waals surface area contributed by atoms with Crippen LogP contribution in [-0.2, 0) is 17.9 Å². The monoisotopic (exact) mass is 324 g/mol. The van der Waals surface area contributed by atoms with E-state index in [1.165, 1.54) is 18.4 Å². The maximum Gasteiger partial charge on any atom is 0.253 e. The number of rotatable bonds is 6. The number of carbonyl (C=O) groups is 1. The normalized spacial score (nSPS) is 16.0. The van der Waals surface area contributed by atoms with Gasteiger partial charge in [0, 0.05) is 13.1 Å². The van der Waals surface area contributed by atoms with Crippen molar-refractivity contribution in [2.24, 2.45) is 0 Å². The van der Waals surface area contributed by atoms with Crippen molar-refractivity contribution < 1.29 is 9.90 Å². The smallest absolute Gasteiger partial charge is 0.253 e. The van der Waals surface area contributed by atoms with Crippen LogP contribution in [0.15, 0.2) is 54.6 Å². The van der Waals surface area contributed by atoms with Crippen molar-refractivity contribution in [2.75, 3.05) is 13.1 Å². The zero-order valence-corrected chi connectivity index (χ0v) is 13.8. The minimum atomic E-state index is -1.13. The lowest BCUT2D eigenvalue weighted by molar-refractivity contribution is -0.129. The molecule has 0 bridgehead atoms. The van der Waals surface area contributed by atoms with Gasteiger partial charge in [-0.05, 0) is 42.6 Å². The second-order valence-corrected chi connectivity index (χ2v) is 6.28. The quantitative estimate of drug-likeness (QED) is 0.859. The van der Waals surface area contributed by atoms with Gasteiger partial charge in [-0.3, -0.25) is 9.69 Å². The Bertz CT molecular complexity index is 666. The highest BCUT2D eigenvalue weighted by Gasteiger charge is 2.18. The van der Waals surface area contributed by atoms with Gasteiger partial charge >= 0.3 is 0 Å². The summed E-state index contributed by atoms with van der Waals surface area (Å²) in [7, 11) is 0. The number of aliphatic hydroxyl groups is 1. The van der Waals surface area contributed by atoms with Crippen LogP contribution in [0.3, 0.4) is 0 Å². The van der Waals surface area contributed by atoms with Crippen molar-refractivity contribution in [1.82, 2.24) is 10.2 Å². The molecule has 0 aromatic heterocycles. The number of nitrogens with zero attached hydrogens (tertiary/aromatic N) is 1. The third-order valence-electron chi connectivity index (χ3n) is 4.53. The van der Waals surface area contributed by atoms with Gasteiger partial charge in [-0.2, -0.15) is 0 Å². The van der Waals surface area contributed by atoms with Gasteiger partial charge in [0.1, 0.15) is 0 Å². The number of aliphatic hydroxyl groups excluding tert-OH is 1. The Hall–Kier alpha value is -2.17. The molecule has 0 spiro atoms. The standard InChI is InChI=1S/C20H24N2O2/c23-19(16-8-2-1-3-9-16)20(24)21-14-17-10-4-5-11-18(17)15-22-12-6-7-13-22/h1-5,8-11,19,23H,6-7,12-15H2,(H,21,24)/t19-/m1/s1. The summed E-state index contributed by atoms with van der Waals surface area (Å²) in [6.45, 7) is 3.65. The summed E-state index contributed by atoms with van der Waals surface area (Å²) in [5.41, 5.74) is 2.97. The Balaban J connectivity index is 1.60. The van der Waals surface area contributed by atoms with Crippen molar-refractivity contribution >= 4 is 5.91 Å². The lowest BCUT2D eigenvalue weighted by atomic mass is 10.1. The molecule has 1 saturated heterocycles. The van der Waals surface area contributed by atoms with Crippen molar-refractivity contribution in [3.05, 3.63) is 71.3 Å². The largest absolute Gasteiger partial charge is 0.378 e. The molecule has 3 rings (SSSR count). The first-order chi connectivity index (χ1) is 11.7. The molecular formula is C20H24N2O2. The van der Waals surface area contributed by atoms with Crippen LogP contribution in [0.2, 0.25) is 0 Å². The van der Waals surface area contributed by atoms with E-state index in [0.29, 0.717) is 12.1 Å². The van der Waals surface area contributed by atoms with E-state index in [0.717, 1.165) is 25.2 Å². The molecule has 0 radical (unpaired) electrons. The van der Waals surface area contributed by atoms with E-state index in [2.05, 4.69) is 16.3 Å². The Labute approximate surface area is 143 Å². The Morgan fingerprint density at radius 1 is 1.00 bits per heavy atom. The van der Waals surface area contributed by atoms with Crippen LogP contribution in [0.5, 0.6) is 0 Å². The Kier molecular flexibility index (Phi) is 5.62. The first-order valence-electron chi connectivity index (χ1n) is 8.54. The number of likely N-dealkylation sites (tertiary alicyclic amines) is 1. The van der Waals surface area contributed by atoms with Crippen LogP contribution in [0.4, 0.5) is 0 Å². The molecule has 126 valence electrons. The predicted molar refractivity (Wildman–Crippen MR) is 94.2 cm³/mol. The fourth-order valence-corrected chi connectivity index (χ4v) is 3.13. The molecule has 0 saturated carbocycles. The minimum absolute atomic E-state index is 0.364. The van der Waals surface area contributed by atoms with Gasteiger partial charge in [0.2, 0.25) is 0 Å². The fourth-order valence-electron chi connectivity index (χ4n) is 3.13. The van der Waals surface area contributed by atoms with Crippen LogP contribution in [0.25, 0.3) is 0 Å². The molecule has 1 aliphatic heterocycles. The molecule has 1 aliphatic rings. The zero-order chi connectivity index (χ0) is 16.8. The van der Waals surface area contributed by atoms with Gasteiger partial charge in [-0.1, -0.05) is 54.6 Å². The van der Waals surface area contributed by atoms with Gasteiger partial charge < -0.3 is 10.4 Å². The van der Waals surface area contributed by atoms with Gasteiger partial charge in [-0.15, -0.1) is 0 Å². The second kappa shape index (κ2) is 8.08. The molecule has 2 N–H and O–H groups in total. The average molecular weight is 324 g/mol. The van der Waals surface area contributed by atoms with E-state index in [4.69, 9.17) is 0 Å². The molecule has 1 heterocycles. The molecule has 1 amide bonds. The van der Waals surface area contributed by atoms with E-state index in [-0.39, 0.29) is 5.91 Å².